The molecule has 1 aromatic rings. The third-order valence-electron chi connectivity index (χ3n) is 3.06. The number of benzene rings is 1. The highest BCUT2D eigenvalue weighted by Gasteiger charge is 2.33. The van der Waals surface area contributed by atoms with Gasteiger partial charge in [0, 0.05) is 11.6 Å². The maximum atomic E-state index is 12.1. The number of nitrogens with one attached hydrogen (secondary N) is 1. The molecule has 12 heteroatoms. The highest BCUT2D eigenvalue weighted by Crippen LogP contribution is 2.19. The monoisotopic (exact) mass is 454 g/mol. The molecule has 0 saturated carbocycles. The fraction of sp³-hybridized carbons (Fsp3) is 0.385. The Bertz CT molecular complexity index is 766. The number of nitrogens with two attached hydrogens (primary N) is 2. The quantitative estimate of drug-likeness (QED) is 0.543. The third-order valence-corrected chi connectivity index (χ3v) is 4.79. The Morgan fingerprint density at radius 2 is 1.88 bits per heavy atom. The van der Waals surface area contributed by atoms with Crippen molar-refractivity contribution in [3.05, 3.63) is 29.3 Å². The summed E-state index contributed by atoms with van der Waals surface area (Å²) in [7, 11) is -3.65. The van der Waals surface area contributed by atoms with Crippen LogP contribution in [0.25, 0.3) is 0 Å². The number of hydrogen-bond donors (Lipinski definition) is 3. The van der Waals surface area contributed by atoms with Gasteiger partial charge in [-0.25, -0.2) is 18.1 Å². The summed E-state index contributed by atoms with van der Waals surface area (Å²) in [6.07, 6.45) is 0. The predicted molar refractivity (Wildman–Crippen MR) is 102 cm³/mol. The van der Waals surface area contributed by atoms with Crippen LogP contribution in [0, 0.1) is 0 Å². The second-order valence-electron chi connectivity index (χ2n) is 5.41. The number of hydrogen-bond acceptors (Lipinski definition) is 8. The van der Waals surface area contributed by atoms with E-state index in [4.69, 9.17) is 27.9 Å². The smallest absolute Gasteiger partial charge is 0.240 e. The van der Waals surface area contributed by atoms with Gasteiger partial charge in [0.05, 0.1) is 11.5 Å². The number of halogens is 2. The number of guanidine groups is 2. The largest absolute Gasteiger partial charge is 0.368 e. The lowest BCUT2D eigenvalue weighted by Crippen LogP contribution is -2.54. The van der Waals surface area contributed by atoms with Crippen molar-refractivity contribution >= 4 is 50.5 Å². The normalized spacial score (nSPS) is 16.7. The first-order chi connectivity index (χ1) is 11.1. The average Bonchev–Trinajstić information content (AvgIpc) is 2.45. The minimum Gasteiger partial charge on any atom is -0.368 e. The molecule has 9 nitrogen and oxygen atoms in total. The molecule has 1 aliphatic rings. The maximum absolute atomic E-state index is 12.1. The molecule has 0 saturated heterocycles. The number of aliphatic imine (C=N–C) groups is 2. The minimum absolute atomic E-state index is 0. The van der Waals surface area contributed by atoms with Crippen LogP contribution in [0.4, 0.5) is 0 Å². The van der Waals surface area contributed by atoms with E-state index in [1.54, 1.807) is 13.8 Å². The second-order valence-corrected chi connectivity index (χ2v) is 7.62. The molecule has 0 unspecified atom stereocenters. The van der Waals surface area contributed by atoms with Crippen LogP contribution in [-0.4, -0.2) is 44.2 Å². The topological polar surface area (TPSA) is 135 Å². The Kier molecular flexibility index (Phi) is 7.20. The first-order valence-electron chi connectivity index (χ1n) is 7.00. The number of hydroxylamine groups is 2. The van der Waals surface area contributed by atoms with Crippen LogP contribution < -0.4 is 16.2 Å². The van der Waals surface area contributed by atoms with Crippen molar-refractivity contribution in [2.24, 2.45) is 21.5 Å². The zero-order valence-corrected chi connectivity index (χ0v) is 16.9. The van der Waals surface area contributed by atoms with Gasteiger partial charge in [0.15, 0.2) is 5.66 Å². The minimum atomic E-state index is -3.65. The van der Waals surface area contributed by atoms with Crippen molar-refractivity contribution in [3.8, 4) is 0 Å². The van der Waals surface area contributed by atoms with E-state index in [1.807, 2.05) is 0 Å². The molecule has 0 aromatic heterocycles. The zero-order chi connectivity index (χ0) is 18.0. The van der Waals surface area contributed by atoms with E-state index < -0.39 is 15.7 Å². The van der Waals surface area contributed by atoms with E-state index in [1.165, 1.54) is 29.3 Å². The van der Waals surface area contributed by atoms with Gasteiger partial charge >= 0.3 is 0 Å². The molecule has 0 bridgehead atoms. The first-order valence-corrected chi connectivity index (χ1v) is 8.86. The SMILES string of the molecule is Br.CC1(C)N=C(N)N=C(N)N1OCCNS(=O)(=O)c1ccc(Cl)cc1. The van der Waals surface area contributed by atoms with Crippen LogP contribution in [0.2, 0.25) is 5.02 Å². The average molecular weight is 456 g/mol. The maximum Gasteiger partial charge on any atom is 0.240 e. The third kappa shape index (κ3) is 5.54. The van der Waals surface area contributed by atoms with Crippen LogP contribution in [-0.2, 0) is 14.9 Å². The van der Waals surface area contributed by atoms with Gasteiger partial charge in [-0.2, -0.15) is 10.1 Å². The van der Waals surface area contributed by atoms with Gasteiger partial charge in [0.25, 0.3) is 0 Å². The van der Waals surface area contributed by atoms with Crippen molar-refractivity contribution < 1.29 is 13.3 Å². The number of rotatable bonds is 6. The van der Waals surface area contributed by atoms with Crippen molar-refractivity contribution in [2.45, 2.75) is 24.4 Å². The van der Waals surface area contributed by atoms with Gasteiger partial charge in [-0.1, -0.05) is 11.6 Å². The fourth-order valence-electron chi connectivity index (χ4n) is 2.03. The van der Waals surface area contributed by atoms with Gasteiger partial charge in [-0.05, 0) is 38.1 Å². The van der Waals surface area contributed by atoms with Gasteiger partial charge in [0.1, 0.15) is 0 Å². The van der Waals surface area contributed by atoms with Crippen molar-refractivity contribution in [3.63, 3.8) is 0 Å². The molecule has 140 valence electrons. The first kappa shape index (κ1) is 21.6. The summed E-state index contributed by atoms with van der Waals surface area (Å²) >= 11 is 5.74. The fourth-order valence-corrected chi connectivity index (χ4v) is 3.17. The molecule has 0 amide bonds. The standard InChI is InChI=1S/C13H19ClN6O3S.BrH/c1-13(2)19-11(15)18-12(16)20(13)23-8-7-17-24(21,22)10-5-3-9(14)4-6-10;/h3-6,17H,7-8H2,1-2H3,(H4,15,16,18,19);1H. The van der Waals surface area contributed by atoms with Crippen LogP contribution in [0.3, 0.4) is 0 Å². The van der Waals surface area contributed by atoms with Crippen LogP contribution >= 0.6 is 28.6 Å². The highest BCUT2D eigenvalue weighted by molar-refractivity contribution is 8.93. The van der Waals surface area contributed by atoms with E-state index in [-0.39, 0.29) is 46.9 Å². The Morgan fingerprint density at radius 1 is 1.28 bits per heavy atom. The zero-order valence-electron chi connectivity index (χ0n) is 13.6. The van der Waals surface area contributed by atoms with E-state index >= 15 is 0 Å². The van der Waals surface area contributed by atoms with Gasteiger partial charge in [0.2, 0.25) is 21.9 Å². The van der Waals surface area contributed by atoms with Gasteiger partial charge < -0.3 is 11.5 Å². The summed E-state index contributed by atoms with van der Waals surface area (Å²) in [6, 6.07) is 5.84. The molecule has 0 spiro atoms. The Balaban J connectivity index is 0.00000312. The molecule has 5 N–H and O–H groups in total. The summed E-state index contributed by atoms with van der Waals surface area (Å²) in [5.41, 5.74) is 10.5. The Labute approximate surface area is 161 Å². The van der Waals surface area contributed by atoms with Crippen molar-refractivity contribution in [1.29, 1.82) is 0 Å². The summed E-state index contributed by atoms with van der Waals surface area (Å²) < 4.78 is 26.7. The number of nitrogens with zero attached hydrogens (tertiary/aromatic N) is 3. The van der Waals surface area contributed by atoms with E-state index in [2.05, 4.69) is 14.7 Å². The lowest BCUT2D eigenvalue weighted by Gasteiger charge is -2.36. The molecule has 2 rings (SSSR count). The number of sulfonamides is 1. The highest BCUT2D eigenvalue weighted by atomic mass is 79.9. The Morgan fingerprint density at radius 3 is 2.44 bits per heavy atom. The van der Waals surface area contributed by atoms with Gasteiger partial charge in [-0.3, -0.25) is 4.84 Å². The van der Waals surface area contributed by atoms with E-state index in [0.717, 1.165) is 0 Å². The molecular formula is C13H20BrClN6O3S. The molecule has 0 atom stereocenters. The van der Waals surface area contributed by atoms with Crippen LogP contribution in [0.15, 0.2) is 39.1 Å². The lowest BCUT2D eigenvalue weighted by atomic mass is 10.2. The Hall–Kier alpha value is -1.40. The van der Waals surface area contributed by atoms with Crippen LogP contribution in [0.5, 0.6) is 0 Å². The van der Waals surface area contributed by atoms with Crippen molar-refractivity contribution in [1.82, 2.24) is 9.79 Å². The molecular weight excluding hydrogens is 436 g/mol. The molecule has 25 heavy (non-hydrogen) atoms. The molecule has 0 radical (unpaired) electrons. The lowest BCUT2D eigenvalue weighted by molar-refractivity contribution is -0.154. The summed E-state index contributed by atoms with van der Waals surface area (Å²) in [5, 5.41) is 1.74. The van der Waals surface area contributed by atoms with Crippen LogP contribution in [0.1, 0.15) is 13.8 Å². The molecule has 1 aromatic carbocycles. The summed E-state index contributed by atoms with van der Waals surface area (Å²) in [4.78, 5) is 13.5. The van der Waals surface area contributed by atoms with E-state index in [0.29, 0.717) is 5.02 Å². The molecule has 0 fully saturated rings. The molecule has 0 aliphatic carbocycles. The molecule has 1 heterocycles. The predicted octanol–water partition coefficient (Wildman–Crippen LogP) is 0.809. The van der Waals surface area contributed by atoms with E-state index in [9.17, 15) is 8.42 Å². The van der Waals surface area contributed by atoms with Gasteiger partial charge in [-0.15, -0.1) is 17.0 Å². The summed E-state index contributed by atoms with van der Waals surface area (Å²) in [5.74, 6) is 0.105. The second kappa shape index (κ2) is 8.32. The summed E-state index contributed by atoms with van der Waals surface area (Å²) in [6.45, 7) is 3.53. The van der Waals surface area contributed by atoms with Crippen molar-refractivity contribution in [2.75, 3.05) is 13.2 Å². The molecule has 1 aliphatic heterocycles.